The van der Waals surface area contributed by atoms with Gasteiger partial charge in [0.1, 0.15) is 6.61 Å². The Labute approximate surface area is 112 Å². The van der Waals surface area contributed by atoms with Crippen LogP contribution in [0.3, 0.4) is 0 Å². The predicted molar refractivity (Wildman–Crippen MR) is 72.0 cm³/mol. The molecule has 2 aliphatic rings. The SMILES string of the molecule is CN1C(=Nc2ccc(Cl)cc2)OCC2CCCN21. The van der Waals surface area contributed by atoms with Crippen molar-refractivity contribution in [2.45, 2.75) is 18.9 Å². The number of benzene rings is 1. The van der Waals surface area contributed by atoms with E-state index in [0.717, 1.165) is 23.9 Å². The Hall–Kier alpha value is -1.26. The van der Waals surface area contributed by atoms with Gasteiger partial charge in [-0.3, -0.25) is 5.01 Å². The van der Waals surface area contributed by atoms with Crippen LogP contribution in [0.2, 0.25) is 5.02 Å². The van der Waals surface area contributed by atoms with Crippen LogP contribution in [0.1, 0.15) is 12.8 Å². The molecule has 3 rings (SSSR count). The van der Waals surface area contributed by atoms with E-state index in [1.54, 1.807) is 0 Å². The first-order valence-corrected chi connectivity index (χ1v) is 6.59. The van der Waals surface area contributed by atoms with Crippen molar-refractivity contribution in [1.29, 1.82) is 0 Å². The first-order valence-electron chi connectivity index (χ1n) is 6.21. The lowest BCUT2D eigenvalue weighted by Gasteiger charge is -2.39. The van der Waals surface area contributed by atoms with Crippen molar-refractivity contribution in [2.75, 3.05) is 20.2 Å². The molecule has 2 saturated heterocycles. The van der Waals surface area contributed by atoms with E-state index in [1.165, 1.54) is 12.8 Å². The van der Waals surface area contributed by atoms with Gasteiger partial charge in [-0.1, -0.05) is 11.6 Å². The average Bonchev–Trinajstić information content (AvgIpc) is 2.84. The number of hydrogen-bond acceptors (Lipinski definition) is 3. The van der Waals surface area contributed by atoms with Crippen molar-refractivity contribution >= 4 is 23.3 Å². The number of nitrogens with zero attached hydrogens (tertiary/aromatic N) is 3. The molecule has 0 bridgehead atoms. The highest BCUT2D eigenvalue weighted by Gasteiger charge is 2.34. The fourth-order valence-corrected chi connectivity index (χ4v) is 2.62. The van der Waals surface area contributed by atoms with E-state index in [2.05, 4.69) is 10.0 Å². The molecular formula is C13H16ClN3O. The molecule has 2 fully saturated rings. The average molecular weight is 266 g/mol. The van der Waals surface area contributed by atoms with Gasteiger partial charge in [0.05, 0.1) is 11.7 Å². The molecule has 2 aliphatic heterocycles. The number of amidine groups is 1. The van der Waals surface area contributed by atoms with Gasteiger partial charge in [-0.25, -0.2) is 5.01 Å². The summed E-state index contributed by atoms with van der Waals surface area (Å²) in [5.74, 6) is 0. The van der Waals surface area contributed by atoms with Crippen molar-refractivity contribution < 1.29 is 4.74 Å². The lowest BCUT2D eigenvalue weighted by Crippen LogP contribution is -2.53. The monoisotopic (exact) mass is 265 g/mol. The molecule has 4 nitrogen and oxygen atoms in total. The normalized spacial score (nSPS) is 26.2. The molecule has 18 heavy (non-hydrogen) atoms. The van der Waals surface area contributed by atoms with Gasteiger partial charge in [0.2, 0.25) is 0 Å². The zero-order valence-electron chi connectivity index (χ0n) is 10.3. The molecule has 2 heterocycles. The molecule has 96 valence electrons. The molecule has 1 atom stereocenters. The van der Waals surface area contributed by atoms with E-state index in [4.69, 9.17) is 16.3 Å². The van der Waals surface area contributed by atoms with Gasteiger partial charge in [0.15, 0.2) is 0 Å². The largest absolute Gasteiger partial charge is 0.462 e. The molecule has 1 aromatic rings. The van der Waals surface area contributed by atoms with Gasteiger partial charge < -0.3 is 4.74 Å². The molecule has 0 aromatic heterocycles. The fraction of sp³-hybridized carbons (Fsp3) is 0.462. The van der Waals surface area contributed by atoms with E-state index in [0.29, 0.717) is 12.1 Å². The first kappa shape index (κ1) is 11.8. The molecule has 0 radical (unpaired) electrons. The maximum absolute atomic E-state index is 5.86. The molecule has 1 aromatic carbocycles. The smallest absolute Gasteiger partial charge is 0.307 e. The maximum atomic E-state index is 5.86. The topological polar surface area (TPSA) is 28.1 Å². The predicted octanol–water partition coefficient (Wildman–Crippen LogP) is 2.67. The van der Waals surface area contributed by atoms with Gasteiger partial charge in [-0.2, -0.15) is 4.99 Å². The summed E-state index contributed by atoms with van der Waals surface area (Å²) in [6.07, 6.45) is 2.44. The van der Waals surface area contributed by atoms with Crippen molar-refractivity contribution in [3.63, 3.8) is 0 Å². The highest BCUT2D eigenvalue weighted by atomic mass is 35.5. The Morgan fingerprint density at radius 1 is 1.33 bits per heavy atom. The van der Waals surface area contributed by atoms with Gasteiger partial charge in [-0.05, 0) is 37.1 Å². The third-order valence-electron chi connectivity index (χ3n) is 3.46. The second-order valence-corrected chi connectivity index (χ2v) is 5.10. The van der Waals surface area contributed by atoms with Gasteiger partial charge in [-0.15, -0.1) is 0 Å². The second-order valence-electron chi connectivity index (χ2n) is 4.66. The minimum Gasteiger partial charge on any atom is -0.462 e. The molecule has 5 heteroatoms. The number of rotatable bonds is 1. The lowest BCUT2D eigenvalue weighted by atomic mass is 10.2. The number of aliphatic imine (C=N–C) groups is 1. The van der Waals surface area contributed by atoms with Crippen molar-refractivity contribution in [3.8, 4) is 0 Å². The van der Waals surface area contributed by atoms with Crippen LogP contribution in [-0.4, -0.2) is 42.3 Å². The highest BCUT2D eigenvalue weighted by molar-refractivity contribution is 6.30. The summed E-state index contributed by atoms with van der Waals surface area (Å²) in [6, 6.07) is 8.63. The number of hydrazine groups is 1. The minimum absolute atomic E-state index is 0.513. The van der Waals surface area contributed by atoms with Crippen LogP contribution in [0.25, 0.3) is 0 Å². The fourth-order valence-electron chi connectivity index (χ4n) is 2.49. The van der Waals surface area contributed by atoms with Crippen LogP contribution in [0.4, 0.5) is 5.69 Å². The summed E-state index contributed by atoms with van der Waals surface area (Å²) in [6.45, 7) is 1.82. The maximum Gasteiger partial charge on any atom is 0.307 e. The number of ether oxygens (including phenoxy) is 1. The first-order chi connectivity index (χ1) is 8.74. The summed E-state index contributed by atoms with van der Waals surface area (Å²) in [4.78, 5) is 4.52. The van der Waals surface area contributed by atoms with Gasteiger partial charge in [0, 0.05) is 18.6 Å². The molecular weight excluding hydrogens is 250 g/mol. The zero-order valence-corrected chi connectivity index (χ0v) is 11.1. The number of fused-ring (bicyclic) bond motifs is 1. The van der Waals surface area contributed by atoms with Crippen LogP contribution in [0.15, 0.2) is 29.3 Å². The van der Waals surface area contributed by atoms with Crippen LogP contribution in [0.5, 0.6) is 0 Å². The van der Waals surface area contributed by atoms with Crippen LogP contribution in [-0.2, 0) is 4.74 Å². The summed E-state index contributed by atoms with van der Waals surface area (Å²) in [5.41, 5.74) is 0.860. The third kappa shape index (κ3) is 2.18. The Bertz CT molecular complexity index is 460. The molecule has 0 N–H and O–H groups in total. The third-order valence-corrected chi connectivity index (χ3v) is 3.72. The standard InChI is InChI=1S/C13H16ClN3O/c1-16-13(15-11-6-4-10(14)5-7-11)18-9-12-3-2-8-17(12)16/h4-7,12H,2-3,8-9H2,1H3. The van der Waals surface area contributed by atoms with Crippen molar-refractivity contribution in [2.24, 2.45) is 4.99 Å². The zero-order chi connectivity index (χ0) is 12.5. The van der Waals surface area contributed by atoms with Crippen LogP contribution >= 0.6 is 11.6 Å². The molecule has 1 unspecified atom stereocenters. The Morgan fingerprint density at radius 3 is 2.89 bits per heavy atom. The Morgan fingerprint density at radius 2 is 2.11 bits per heavy atom. The van der Waals surface area contributed by atoms with E-state index < -0.39 is 0 Å². The Kier molecular flexibility index (Phi) is 3.14. The summed E-state index contributed by atoms with van der Waals surface area (Å²) in [7, 11) is 2.01. The summed E-state index contributed by atoms with van der Waals surface area (Å²) >= 11 is 5.86. The van der Waals surface area contributed by atoms with E-state index in [9.17, 15) is 0 Å². The second kappa shape index (κ2) is 4.78. The number of hydrogen-bond donors (Lipinski definition) is 0. The molecule has 0 saturated carbocycles. The van der Waals surface area contributed by atoms with Crippen LogP contribution in [0, 0.1) is 0 Å². The Balaban J connectivity index is 1.81. The quantitative estimate of drug-likeness (QED) is 0.782. The summed E-state index contributed by atoms with van der Waals surface area (Å²) in [5, 5.41) is 5.07. The van der Waals surface area contributed by atoms with Gasteiger partial charge in [0.25, 0.3) is 0 Å². The molecule has 0 aliphatic carbocycles. The number of halogens is 1. The van der Waals surface area contributed by atoms with E-state index in [-0.39, 0.29) is 0 Å². The van der Waals surface area contributed by atoms with Crippen molar-refractivity contribution in [1.82, 2.24) is 10.0 Å². The van der Waals surface area contributed by atoms with Crippen LogP contribution < -0.4 is 0 Å². The highest BCUT2D eigenvalue weighted by Crippen LogP contribution is 2.25. The van der Waals surface area contributed by atoms with E-state index >= 15 is 0 Å². The van der Waals surface area contributed by atoms with Gasteiger partial charge >= 0.3 is 6.02 Å². The lowest BCUT2D eigenvalue weighted by molar-refractivity contribution is -0.0345. The molecule has 0 spiro atoms. The summed E-state index contributed by atoms with van der Waals surface area (Å²) < 4.78 is 5.74. The van der Waals surface area contributed by atoms with Crippen molar-refractivity contribution in [3.05, 3.63) is 29.3 Å². The molecule has 0 amide bonds. The van der Waals surface area contributed by atoms with E-state index in [1.807, 2.05) is 36.3 Å². The minimum atomic E-state index is 0.513.